The smallest absolute Gasteiger partial charge is 0.326 e. The van der Waals surface area contributed by atoms with Crippen LogP contribution in [0.2, 0.25) is 0 Å². The molecule has 6 heteroatoms. The van der Waals surface area contributed by atoms with E-state index < -0.39 is 5.54 Å². The van der Waals surface area contributed by atoms with Crippen LogP contribution in [0, 0.1) is 13.8 Å². The zero-order valence-electron chi connectivity index (χ0n) is 18.5. The molecule has 0 aliphatic carbocycles. The fraction of sp³-hybridized carbons (Fsp3) is 0.417. The number of carbonyl (C=O) groups is 2. The van der Waals surface area contributed by atoms with Crippen molar-refractivity contribution < 1.29 is 14.3 Å². The first-order chi connectivity index (χ1) is 14.2. The first-order valence-electron chi connectivity index (χ1n) is 10.2. The molecule has 0 radical (unpaired) electrons. The number of methoxy groups -OCH3 is 1. The Labute approximate surface area is 178 Å². The second-order valence-corrected chi connectivity index (χ2v) is 8.43. The van der Waals surface area contributed by atoms with Gasteiger partial charge in [-0.1, -0.05) is 35.9 Å². The monoisotopic (exact) mass is 409 g/mol. The lowest BCUT2D eigenvalue weighted by Gasteiger charge is -2.25. The molecule has 1 heterocycles. The number of amides is 3. The molecule has 0 unspecified atom stereocenters. The zero-order valence-corrected chi connectivity index (χ0v) is 18.5. The van der Waals surface area contributed by atoms with Gasteiger partial charge in [0, 0.05) is 6.54 Å². The van der Waals surface area contributed by atoms with E-state index >= 15 is 0 Å². The van der Waals surface area contributed by atoms with E-state index in [0.29, 0.717) is 19.4 Å². The lowest BCUT2D eigenvalue weighted by atomic mass is 9.93. The Balaban J connectivity index is 1.61. The summed E-state index contributed by atoms with van der Waals surface area (Å²) in [7, 11) is 3.56. The van der Waals surface area contributed by atoms with Crippen LogP contribution < -0.4 is 10.1 Å². The number of benzene rings is 2. The maximum absolute atomic E-state index is 13.1. The van der Waals surface area contributed by atoms with Crippen molar-refractivity contribution in [2.75, 3.05) is 20.8 Å². The van der Waals surface area contributed by atoms with Crippen LogP contribution in [0.1, 0.15) is 35.6 Å². The quantitative estimate of drug-likeness (QED) is 0.676. The van der Waals surface area contributed by atoms with Gasteiger partial charge in [0.15, 0.2) is 0 Å². The van der Waals surface area contributed by atoms with Gasteiger partial charge < -0.3 is 10.1 Å². The van der Waals surface area contributed by atoms with Crippen LogP contribution in [0.25, 0.3) is 0 Å². The van der Waals surface area contributed by atoms with Gasteiger partial charge in [-0.25, -0.2) is 9.69 Å². The van der Waals surface area contributed by atoms with E-state index in [0.717, 1.165) is 11.3 Å². The van der Waals surface area contributed by atoms with E-state index in [9.17, 15) is 9.59 Å². The molecule has 1 aliphatic heterocycles. The molecule has 0 spiro atoms. The van der Waals surface area contributed by atoms with Crippen molar-refractivity contribution in [3.05, 3.63) is 64.7 Å². The topological polar surface area (TPSA) is 61.9 Å². The molecule has 3 amide bonds. The number of imide groups is 1. The number of hydrogen-bond donors (Lipinski definition) is 1. The van der Waals surface area contributed by atoms with E-state index in [1.54, 1.807) is 14.0 Å². The summed E-state index contributed by atoms with van der Waals surface area (Å²) in [5, 5.41) is 2.90. The third-order valence-corrected chi connectivity index (χ3v) is 5.74. The predicted octanol–water partition coefficient (Wildman–Crippen LogP) is 3.64. The van der Waals surface area contributed by atoms with E-state index in [1.165, 1.54) is 21.6 Å². The molecule has 0 bridgehead atoms. The number of carbonyl (C=O) groups excluding carboxylic acids is 2. The van der Waals surface area contributed by atoms with Gasteiger partial charge in [-0.15, -0.1) is 0 Å². The van der Waals surface area contributed by atoms with Crippen LogP contribution in [-0.4, -0.2) is 48.1 Å². The average molecular weight is 410 g/mol. The molecule has 3 rings (SSSR count). The van der Waals surface area contributed by atoms with Crippen LogP contribution in [0.3, 0.4) is 0 Å². The zero-order chi connectivity index (χ0) is 21.9. The molecule has 160 valence electrons. The summed E-state index contributed by atoms with van der Waals surface area (Å²) < 4.78 is 5.18. The summed E-state index contributed by atoms with van der Waals surface area (Å²) in [6.07, 6.45) is 1.24. The third-order valence-electron chi connectivity index (χ3n) is 5.74. The molecule has 1 saturated heterocycles. The molecular formula is C24H31N3O3. The number of nitrogens with one attached hydrogen (secondary N) is 1. The highest BCUT2D eigenvalue weighted by Gasteiger charge is 2.47. The van der Waals surface area contributed by atoms with Crippen LogP contribution >= 0.6 is 0 Å². The number of urea groups is 1. The number of ether oxygens (including phenoxy) is 1. The predicted molar refractivity (Wildman–Crippen MR) is 117 cm³/mol. The highest BCUT2D eigenvalue weighted by molar-refractivity contribution is 6.06. The summed E-state index contributed by atoms with van der Waals surface area (Å²) in [4.78, 5) is 28.9. The van der Waals surface area contributed by atoms with Gasteiger partial charge in [0.05, 0.1) is 13.8 Å². The fourth-order valence-electron chi connectivity index (χ4n) is 3.84. The van der Waals surface area contributed by atoms with Crippen LogP contribution in [0.4, 0.5) is 4.79 Å². The minimum Gasteiger partial charge on any atom is -0.497 e. The van der Waals surface area contributed by atoms with E-state index in [4.69, 9.17) is 4.74 Å². The van der Waals surface area contributed by atoms with Crippen LogP contribution in [0.5, 0.6) is 5.75 Å². The maximum atomic E-state index is 13.1. The molecule has 6 nitrogen and oxygen atoms in total. The summed E-state index contributed by atoms with van der Waals surface area (Å²) in [6, 6.07) is 13.8. The van der Waals surface area contributed by atoms with Crippen molar-refractivity contribution in [1.29, 1.82) is 0 Å². The third kappa shape index (κ3) is 4.82. The minimum atomic E-state index is -0.891. The number of rotatable bonds is 8. The lowest BCUT2D eigenvalue weighted by molar-refractivity contribution is -0.132. The fourth-order valence-corrected chi connectivity index (χ4v) is 3.84. The van der Waals surface area contributed by atoms with Crippen molar-refractivity contribution in [3.8, 4) is 5.75 Å². The van der Waals surface area contributed by atoms with Gasteiger partial charge in [-0.2, -0.15) is 0 Å². The highest BCUT2D eigenvalue weighted by atomic mass is 16.5. The van der Waals surface area contributed by atoms with Crippen molar-refractivity contribution in [1.82, 2.24) is 15.1 Å². The second kappa shape index (κ2) is 8.88. The Morgan fingerprint density at radius 2 is 1.80 bits per heavy atom. The Hall–Kier alpha value is -2.86. The molecule has 1 atom stereocenters. The van der Waals surface area contributed by atoms with Gasteiger partial charge in [-0.05, 0) is 69.5 Å². The van der Waals surface area contributed by atoms with Crippen molar-refractivity contribution >= 4 is 11.9 Å². The first-order valence-corrected chi connectivity index (χ1v) is 10.2. The number of nitrogens with zero attached hydrogens (tertiary/aromatic N) is 2. The van der Waals surface area contributed by atoms with Gasteiger partial charge in [0.25, 0.3) is 5.91 Å². The van der Waals surface area contributed by atoms with E-state index in [-0.39, 0.29) is 18.6 Å². The maximum Gasteiger partial charge on any atom is 0.326 e. The van der Waals surface area contributed by atoms with Gasteiger partial charge >= 0.3 is 6.03 Å². The number of hydrogen-bond acceptors (Lipinski definition) is 4. The SMILES string of the molecule is COc1ccc(CC[C@@]2(C)NC(=O)N(CN(C)Cc3ccc(C)cc3C)C2=O)cc1. The summed E-state index contributed by atoms with van der Waals surface area (Å²) >= 11 is 0. The summed E-state index contributed by atoms with van der Waals surface area (Å²) in [5.74, 6) is 0.627. The first kappa shape index (κ1) is 21.8. The molecular weight excluding hydrogens is 378 g/mol. The molecule has 2 aromatic rings. The highest BCUT2D eigenvalue weighted by Crippen LogP contribution is 2.24. The van der Waals surface area contributed by atoms with E-state index in [1.807, 2.05) is 36.2 Å². The van der Waals surface area contributed by atoms with Gasteiger partial charge in [0.2, 0.25) is 0 Å². The van der Waals surface area contributed by atoms with Crippen molar-refractivity contribution in [2.45, 2.75) is 45.7 Å². The van der Waals surface area contributed by atoms with Gasteiger partial charge in [0.1, 0.15) is 11.3 Å². The lowest BCUT2D eigenvalue weighted by Crippen LogP contribution is -2.45. The summed E-state index contributed by atoms with van der Waals surface area (Å²) in [6.45, 7) is 6.89. The Kier molecular flexibility index (Phi) is 6.46. The standard InChI is InChI=1S/C24H31N3O3/c1-17-6-9-20(18(2)14-17)15-26(4)16-27-22(28)24(3,25-23(27)29)13-12-19-7-10-21(30-5)11-8-19/h6-11,14H,12-13,15-16H2,1-5H3,(H,25,29)/t24-/m1/s1. The molecule has 2 aromatic carbocycles. The normalized spacial score (nSPS) is 18.8. The Morgan fingerprint density at radius 3 is 2.43 bits per heavy atom. The number of aryl methyl sites for hydroxylation is 3. The minimum absolute atomic E-state index is 0.173. The van der Waals surface area contributed by atoms with E-state index in [2.05, 4.69) is 37.4 Å². The van der Waals surface area contributed by atoms with Crippen LogP contribution in [0.15, 0.2) is 42.5 Å². The second-order valence-electron chi connectivity index (χ2n) is 8.43. The van der Waals surface area contributed by atoms with Crippen LogP contribution in [-0.2, 0) is 17.8 Å². The molecule has 1 fully saturated rings. The summed E-state index contributed by atoms with van der Waals surface area (Å²) in [5.41, 5.74) is 3.84. The average Bonchev–Trinajstić information content (AvgIpc) is 2.92. The molecule has 30 heavy (non-hydrogen) atoms. The molecule has 0 aromatic heterocycles. The largest absolute Gasteiger partial charge is 0.497 e. The van der Waals surface area contributed by atoms with Crippen molar-refractivity contribution in [3.63, 3.8) is 0 Å². The molecule has 0 saturated carbocycles. The van der Waals surface area contributed by atoms with Gasteiger partial charge in [-0.3, -0.25) is 9.69 Å². The molecule has 1 N–H and O–H groups in total. The Bertz CT molecular complexity index is 926. The van der Waals surface area contributed by atoms with Crippen molar-refractivity contribution in [2.24, 2.45) is 0 Å². The Morgan fingerprint density at radius 1 is 1.10 bits per heavy atom. The molecule has 1 aliphatic rings.